The second-order valence-corrected chi connectivity index (χ2v) is 3.73. The Balaban J connectivity index is 3.57. The molecular weight excluding hydrogens is 186 g/mol. The van der Waals surface area contributed by atoms with Gasteiger partial charge in [0.1, 0.15) is 5.78 Å². The van der Waals surface area contributed by atoms with Gasteiger partial charge >= 0.3 is 0 Å². The molecule has 4 heteroatoms. The van der Waals surface area contributed by atoms with Crippen LogP contribution in [-0.4, -0.2) is 36.6 Å². The first-order valence-electron chi connectivity index (χ1n) is 4.32. The molecule has 0 heterocycles. The van der Waals surface area contributed by atoms with Gasteiger partial charge in [0.05, 0.1) is 6.61 Å². The summed E-state index contributed by atoms with van der Waals surface area (Å²) in [6.07, 6.45) is 0.436. The average molecular weight is 203 g/mol. The van der Waals surface area contributed by atoms with E-state index in [0.29, 0.717) is 18.2 Å². The first-order valence-corrected chi connectivity index (χ1v) is 4.72. The van der Waals surface area contributed by atoms with Crippen LogP contribution < -0.4 is 0 Å². The Hall–Kier alpha value is -0.640. The number of ether oxygens (including phenoxy) is 1. The highest BCUT2D eigenvalue weighted by Crippen LogP contribution is 1.99. The highest BCUT2D eigenvalue weighted by atomic mass is 32.1. The molecule has 0 N–H and O–H groups in total. The molecule has 0 saturated carbocycles. The lowest BCUT2D eigenvalue weighted by atomic mass is 10.1. The molecule has 76 valence electrons. The largest absolute Gasteiger partial charge is 0.470 e. The highest BCUT2D eigenvalue weighted by molar-refractivity contribution is 7.80. The van der Waals surface area contributed by atoms with Gasteiger partial charge in [-0.15, -0.1) is 0 Å². The minimum Gasteiger partial charge on any atom is -0.470 e. The molecule has 0 fully saturated rings. The predicted octanol–water partition coefficient (Wildman–Crippen LogP) is 1.46. The molecule has 0 aliphatic heterocycles. The molecule has 0 radical (unpaired) electrons. The predicted molar refractivity (Wildman–Crippen MR) is 56.7 cm³/mol. The van der Waals surface area contributed by atoms with Crippen molar-refractivity contribution in [2.45, 2.75) is 20.3 Å². The van der Waals surface area contributed by atoms with Gasteiger partial charge < -0.3 is 9.64 Å². The fraction of sp³-hybridized carbons (Fsp3) is 0.778. The van der Waals surface area contributed by atoms with E-state index in [4.69, 9.17) is 17.0 Å². The van der Waals surface area contributed by atoms with E-state index in [0.717, 1.165) is 0 Å². The quantitative estimate of drug-likeness (QED) is 0.647. The van der Waals surface area contributed by atoms with Gasteiger partial charge in [-0.25, -0.2) is 0 Å². The summed E-state index contributed by atoms with van der Waals surface area (Å²) in [4.78, 5) is 12.9. The number of hydrogen-bond donors (Lipinski definition) is 0. The van der Waals surface area contributed by atoms with Crippen molar-refractivity contribution in [3.63, 3.8) is 0 Å². The molecule has 0 aliphatic rings. The summed E-state index contributed by atoms with van der Waals surface area (Å²) in [5.74, 6) is 0.290. The summed E-state index contributed by atoms with van der Waals surface area (Å²) in [7, 11) is 3.62. The van der Waals surface area contributed by atoms with Crippen molar-refractivity contribution in [2.24, 2.45) is 5.92 Å². The van der Waals surface area contributed by atoms with Crippen LogP contribution in [0.2, 0.25) is 0 Å². The summed E-state index contributed by atoms with van der Waals surface area (Å²) in [5, 5.41) is 0.427. The van der Waals surface area contributed by atoms with Crippen molar-refractivity contribution < 1.29 is 9.53 Å². The summed E-state index contributed by atoms with van der Waals surface area (Å²) in [6, 6.07) is 0. The maximum absolute atomic E-state index is 11.2. The second kappa shape index (κ2) is 5.91. The van der Waals surface area contributed by atoms with Crippen LogP contribution in [0.4, 0.5) is 0 Å². The van der Waals surface area contributed by atoms with Crippen LogP contribution >= 0.6 is 12.2 Å². The van der Waals surface area contributed by atoms with Gasteiger partial charge in [0, 0.05) is 26.4 Å². The molecule has 3 nitrogen and oxygen atoms in total. The van der Waals surface area contributed by atoms with Crippen LogP contribution in [0, 0.1) is 5.92 Å². The zero-order valence-electron chi connectivity index (χ0n) is 8.66. The maximum Gasteiger partial charge on any atom is 0.258 e. The van der Waals surface area contributed by atoms with Crippen molar-refractivity contribution >= 4 is 23.2 Å². The number of thiocarbonyl (C=S) groups is 1. The number of nitrogens with zero attached hydrogens (tertiary/aromatic N) is 1. The molecule has 0 aromatic heterocycles. The van der Waals surface area contributed by atoms with Gasteiger partial charge in [-0.1, -0.05) is 13.8 Å². The third-order valence-electron chi connectivity index (χ3n) is 1.58. The molecule has 0 aromatic rings. The molecule has 0 amide bonds. The van der Waals surface area contributed by atoms with Gasteiger partial charge in [-0.05, 0) is 12.2 Å². The van der Waals surface area contributed by atoms with E-state index in [1.54, 1.807) is 4.90 Å². The molecule has 13 heavy (non-hydrogen) atoms. The second-order valence-electron chi connectivity index (χ2n) is 3.38. The third-order valence-corrected chi connectivity index (χ3v) is 2.07. The summed E-state index contributed by atoms with van der Waals surface area (Å²) < 4.78 is 5.16. The Labute approximate surface area is 85.1 Å². The Bertz CT molecular complexity index is 170. The van der Waals surface area contributed by atoms with Crippen LogP contribution in [-0.2, 0) is 9.53 Å². The Morgan fingerprint density at radius 1 is 1.46 bits per heavy atom. The number of carbonyl (C=O) groups excluding carboxylic acids is 1. The molecule has 0 spiro atoms. The summed E-state index contributed by atoms with van der Waals surface area (Å²) in [6.45, 7) is 4.15. The van der Waals surface area contributed by atoms with Crippen molar-refractivity contribution in [3.8, 4) is 0 Å². The minimum absolute atomic E-state index is 0.0801. The smallest absolute Gasteiger partial charge is 0.258 e. The topological polar surface area (TPSA) is 29.5 Å². The van der Waals surface area contributed by atoms with E-state index in [-0.39, 0.29) is 11.7 Å². The number of Topliss-reactive ketones (excluding diaryl/α,β-unsaturated/α-hetero) is 1. The van der Waals surface area contributed by atoms with Crippen LogP contribution in [0.3, 0.4) is 0 Å². The third kappa shape index (κ3) is 5.58. The van der Waals surface area contributed by atoms with Gasteiger partial charge in [0.25, 0.3) is 5.17 Å². The molecule has 0 rings (SSSR count). The van der Waals surface area contributed by atoms with Crippen molar-refractivity contribution in [3.05, 3.63) is 0 Å². The van der Waals surface area contributed by atoms with Crippen LogP contribution in [0.1, 0.15) is 20.3 Å². The first-order chi connectivity index (χ1) is 5.95. The number of ketones is 1. The van der Waals surface area contributed by atoms with Crippen LogP contribution in [0.15, 0.2) is 0 Å². The summed E-state index contributed by atoms with van der Waals surface area (Å²) in [5.41, 5.74) is 0. The number of hydrogen-bond acceptors (Lipinski definition) is 3. The van der Waals surface area contributed by atoms with Gasteiger partial charge in [0.15, 0.2) is 0 Å². The van der Waals surface area contributed by atoms with Crippen molar-refractivity contribution in [1.82, 2.24) is 4.90 Å². The Morgan fingerprint density at radius 3 is 2.38 bits per heavy atom. The van der Waals surface area contributed by atoms with E-state index in [1.165, 1.54) is 0 Å². The number of rotatable bonds is 4. The number of carbonyl (C=O) groups is 1. The maximum atomic E-state index is 11.2. The molecular formula is C9H17NO2S. The molecule has 0 atom stereocenters. The van der Waals surface area contributed by atoms with Crippen LogP contribution in [0.25, 0.3) is 0 Å². The summed E-state index contributed by atoms with van der Waals surface area (Å²) >= 11 is 4.89. The first kappa shape index (κ1) is 12.4. The fourth-order valence-corrected chi connectivity index (χ4v) is 0.740. The van der Waals surface area contributed by atoms with E-state index < -0.39 is 0 Å². The fourth-order valence-electron chi connectivity index (χ4n) is 0.657. The molecule has 0 saturated heterocycles. The minimum atomic E-state index is 0.0801. The Morgan fingerprint density at radius 2 is 2.00 bits per heavy atom. The van der Waals surface area contributed by atoms with Gasteiger partial charge in [-0.3, -0.25) is 4.79 Å². The Kier molecular flexibility index (Phi) is 5.62. The normalized spacial score (nSPS) is 9.92. The van der Waals surface area contributed by atoms with E-state index >= 15 is 0 Å². The standard InChI is InChI=1S/C9H17NO2S/c1-7(2)8(11)5-6-12-9(13)10(3)4/h7H,5-6H2,1-4H3. The molecule has 0 unspecified atom stereocenters. The monoisotopic (exact) mass is 203 g/mol. The molecule has 0 aliphatic carbocycles. The van der Waals surface area contributed by atoms with E-state index in [1.807, 2.05) is 27.9 Å². The average Bonchev–Trinajstić information content (AvgIpc) is 2.03. The zero-order valence-corrected chi connectivity index (χ0v) is 9.48. The molecule has 0 aromatic carbocycles. The lowest BCUT2D eigenvalue weighted by Gasteiger charge is -2.14. The van der Waals surface area contributed by atoms with Gasteiger partial charge in [0.2, 0.25) is 0 Å². The van der Waals surface area contributed by atoms with Gasteiger partial charge in [-0.2, -0.15) is 0 Å². The SMILES string of the molecule is CC(C)C(=O)CCOC(=S)N(C)C. The van der Waals surface area contributed by atoms with Crippen LogP contribution in [0.5, 0.6) is 0 Å². The highest BCUT2D eigenvalue weighted by Gasteiger charge is 2.07. The zero-order chi connectivity index (χ0) is 10.4. The lowest BCUT2D eigenvalue weighted by molar-refractivity contribution is -0.122. The lowest BCUT2D eigenvalue weighted by Crippen LogP contribution is -2.23. The van der Waals surface area contributed by atoms with E-state index in [2.05, 4.69) is 0 Å². The van der Waals surface area contributed by atoms with Crippen molar-refractivity contribution in [2.75, 3.05) is 20.7 Å². The van der Waals surface area contributed by atoms with E-state index in [9.17, 15) is 4.79 Å². The van der Waals surface area contributed by atoms with Crippen molar-refractivity contribution in [1.29, 1.82) is 0 Å². The molecule has 0 bridgehead atoms.